The van der Waals surface area contributed by atoms with Crippen molar-refractivity contribution in [2.75, 3.05) is 11.9 Å². The summed E-state index contributed by atoms with van der Waals surface area (Å²) in [5.74, 6) is -1.04. The molecule has 2 amide bonds. The SMILES string of the molecule is CC(O)(CNC(=O)Nc1cc(C(C)(C)C)nn1-c1cccc(Cl)c1)C(=O)O. The summed E-state index contributed by atoms with van der Waals surface area (Å²) in [7, 11) is 0. The first-order chi connectivity index (χ1) is 12.4. The number of aliphatic hydroxyl groups is 1. The maximum absolute atomic E-state index is 12.2. The molecule has 8 nitrogen and oxygen atoms in total. The van der Waals surface area contributed by atoms with E-state index in [1.54, 1.807) is 35.0 Å². The number of nitrogens with zero attached hydrogens (tertiary/aromatic N) is 2. The van der Waals surface area contributed by atoms with Gasteiger partial charge in [-0.1, -0.05) is 38.4 Å². The van der Waals surface area contributed by atoms with Gasteiger partial charge in [-0.05, 0) is 25.1 Å². The molecular weight excluding hydrogens is 372 g/mol. The second kappa shape index (κ2) is 7.58. The lowest BCUT2D eigenvalue weighted by atomic mass is 9.92. The molecule has 9 heteroatoms. The second-order valence-corrected chi connectivity index (χ2v) is 7.88. The van der Waals surface area contributed by atoms with Crippen LogP contribution in [0.1, 0.15) is 33.4 Å². The molecule has 1 unspecified atom stereocenters. The van der Waals surface area contributed by atoms with E-state index in [4.69, 9.17) is 16.7 Å². The van der Waals surface area contributed by atoms with Crippen molar-refractivity contribution in [2.45, 2.75) is 38.7 Å². The monoisotopic (exact) mass is 394 g/mol. The predicted molar refractivity (Wildman–Crippen MR) is 103 cm³/mol. The number of carbonyl (C=O) groups is 2. The van der Waals surface area contributed by atoms with E-state index in [1.807, 2.05) is 20.8 Å². The number of nitrogens with one attached hydrogen (secondary N) is 2. The molecule has 4 N–H and O–H groups in total. The fourth-order valence-electron chi connectivity index (χ4n) is 2.13. The summed E-state index contributed by atoms with van der Waals surface area (Å²) in [6, 6.07) is 8.07. The molecule has 2 aromatic rings. The molecule has 1 aromatic carbocycles. The number of anilines is 1. The minimum Gasteiger partial charge on any atom is -0.479 e. The Kier molecular flexibility index (Phi) is 5.82. The quantitative estimate of drug-likeness (QED) is 0.622. The number of carbonyl (C=O) groups excluding carboxylic acids is 1. The average Bonchev–Trinajstić information content (AvgIpc) is 2.97. The molecule has 1 atom stereocenters. The molecular formula is C18H23ClN4O4. The highest BCUT2D eigenvalue weighted by Crippen LogP contribution is 2.27. The number of aromatic nitrogens is 2. The Morgan fingerprint density at radius 1 is 1.22 bits per heavy atom. The minimum atomic E-state index is -2.07. The van der Waals surface area contributed by atoms with Gasteiger partial charge in [0.2, 0.25) is 0 Å². The maximum Gasteiger partial charge on any atom is 0.337 e. The lowest BCUT2D eigenvalue weighted by Crippen LogP contribution is -2.47. The number of carboxylic acid groups (broad SMARTS) is 1. The van der Waals surface area contributed by atoms with Crippen molar-refractivity contribution in [1.29, 1.82) is 0 Å². The highest BCUT2D eigenvalue weighted by molar-refractivity contribution is 6.30. The molecule has 0 radical (unpaired) electrons. The molecule has 0 spiro atoms. The van der Waals surface area contributed by atoms with Crippen LogP contribution in [0.2, 0.25) is 5.02 Å². The zero-order valence-corrected chi connectivity index (χ0v) is 16.3. The topological polar surface area (TPSA) is 116 Å². The first kappa shape index (κ1) is 20.7. The molecule has 0 aliphatic carbocycles. The third-order valence-corrected chi connectivity index (χ3v) is 4.06. The number of amides is 2. The van der Waals surface area contributed by atoms with Crippen molar-refractivity contribution in [3.8, 4) is 5.69 Å². The Bertz CT molecular complexity index is 855. The molecule has 27 heavy (non-hydrogen) atoms. The Hall–Kier alpha value is -2.58. The van der Waals surface area contributed by atoms with E-state index in [2.05, 4.69) is 15.7 Å². The fourth-order valence-corrected chi connectivity index (χ4v) is 2.31. The lowest BCUT2D eigenvalue weighted by molar-refractivity contribution is -0.155. The van der Waals surface area contributed by atoms with Crippen LogP contribution in [0.3, 0.4) is 0 Å². The molecule has 1 aromatic heterocycles. The smallest absolute Gasteiger partial charge is 0.337 e. The largest absolute Gasteiger partial charge is 0.479 e. The molecule has 1 heterocycles. The summed E-state index contributed by atoms with van der Waals surface area (Å²) >= 11 is 6.05. The normalized spacial score (nSPS) is 13.7. The van der Waals surface area contributed by atoms with Gasteiger partial charge in [-0.2, -0.15) is 5.10 Å². The van der Waals surface area contributed by atoms with Crippen LogP contribution in [-0.2, 0) is 10.2 Å². The van der Waals surface area contributed by atoms with Crippen molar-refractivity contribution < 1.29 is 19.8 Å². The number of carboxylic acids is 1. The van der Waals surface area contributed by atoms with Crippen molar-refractivity contribution in [3.63, 3.8) is 0 Å². The number of benzene rings is 1. The molecule has 0 bridgehead atoms. The van der Waals surface area contributed by atoms with Crippen LogP contribution in [0.15, 0.2) is 30.3 Å². The number of rotatable bonds is 5. The van der Waals surface area contributed by atoms with E-state index in [-0.39, 0.29) is 5.41 Å². The number of halogens is 1. The van der Waals surface area contributed by atoms with E-state index < -0.39 is 24.1 Å². The zero-order valence-electron chi connectivity index (χ0n) is 15.6. The van der Waals surface area contributed by atoms with Crippen LogP contribution in [0, 0.1) is 0 Å². The van der Waals surface area contributed by atoms with Crippen LogP contribution in [0.25, 0.3) is 5.69 Å². The molecule has 0 saturated heterocycles. The molecule has 0 aliphatic rings. The molecule has 146 valence electrons. The molecule has 2 rings (SSSR count). The Morgan fingerprint density at radius 3 is 2.44 bits per heavy atom. The van der Waals surface area contributed by atoms with Gasteiger partial charge in [0, 0.05) is 16.5 Å². The number of urea groups is 1. The van der Waals surface area contributed by atoms with E-state index in [0.717, 1.165) is 12.6 Å². The third kappa shape index (κ3) is 5.21. The molecule has 0 saturated carbocycles. The predicted octanol–water partition coefficient (Wildman–Crippen LogP) is 2.78. The highest BCUT2D eigenvalue weighted by Gasteiger charge is 2.30. The summed E-state index contributed by atoms with van der Waals surface area (Å²) in [4.78, 5) is 23.1. The van der Waals surface area contributed by atoms with Gasteiger partial charge in [-0.25, -0.2) is 14.3 Å². The van der Waals surface area contributed by atoms with Crippen molar-refractivity contribution in [2.24, 2.45) is 0 Å². The summed E-state index contributed by atoms with van der Waals surface area (Å²) in [6.07, 6.45) is 0. The van der Waals surface area contributed by atoms with Gasteiger partial charge < -0.3 is 15.5 Å². The van der Waals surface area contributed by atoms with E-state index in [9.17, 15) is 14.7 Å². The van der Waals surface area contributed by atoms with Crippen molar-refractivity contribution in [3.05, 3.63) is 41.0 Å². The zero-order chi connectivity index (χ0) is 20.4. The minimum absolute atomic E-state index is 0.260. The van der Waals surface area contributed by atoms with Crippen LogP contribution >= 0.6 is 11.6 Å². The van der Waals surface area contributed by atoms with Crippen LogP contribution < -0.4 is 10.6 Å². The van der Waals surface area contributed by atoms with Gasteiger partial charge >= 0.3 is 12.0 Å². The van der Waals surface area contributed by atoms with Gasteiger partial charge in [-0.3, -0.25) is 5.32 Å². The maximum atomic E-state index is 12.2. The number of aliphatic carboxylic acids is 1. The van der Waals surface area contributed by atoms with Gasteiger partial charge in [0.1, 0.15) is 5.82 Å². The van der Waals surface area contributed by atoms with Crippen LogP contribution in [0.4, 0.5) is 10.6 Å². The van der Waals surface area contributed by atoms with Gasteiger partial charge in [-0.15, -0.1) is 0 Å². The molecule has 0 aliphatic heterocycles. The van der Waals surface area contributed by atoms with Gasteiger partial charge in [0.05, 0.1) is 17.9 Å². The summed E-state index contributed by atoms with van der Waals surface area (Å²) < 4.78 is 1.54. The van der Waals surface area contributed by atoms with Crippen LogP contribution in [-0.4, -0.2) is 44.1 Å². The van der Waals surface area contributed by atoms with Crippen molar-refractivity contribution in [1.82, 2.24) is 15.1 Å². The van der Waals surface area contributed by atoms with E-state index in [1.165, 1.54) is 0 Å². The average molecular weight is 395 g/mol. The lowest BCUT2D eigenvalue weighted by Gasteiger charge is -2.18. The van der Waals surface area contributed by atoms with E-state index >= 15 is 0 Å². The molecule has 0 fully saturated rings. The van der Waals surface area contributed by atoms with Crippen molar-refractivity contribution >= 4 is 29.4 Å². The van der Waals surface area contributed by atoms with Gasteiger partial charge in [0.15, 0.2) is 5.60 Å². The first-order valence-electron chi connectivity index (χ1n) is 8.27. The standard InChI is InChI=1S/C18H23ClN4O4/c1-17(2,3)13-9-14(21-16(26)20-10-18(4,27)15(24)25)23(22-13)12-7-5-6-11(19)8-12/h5-9,27H,10H2,1-4H3,(H,24,25)(H2,20,21,26). The number of hydrogen-bond acceptors (Lipinski definition) is 4. The van der Waals surface area contributed by atoms with Gasteiger partial charge in [0.25, 0.3) is 0 Å². The summed E-state index contributed by atoms with van der Waals surface area (Å²) in [6.45, 7) is 6.62. The Morgan fingerprint density at radius 2 is 1.89 bits per heavy atom. The summed E-state index contributed by atoms with van der Waals surface area (Å²) in [5.41, 5.74) is -0.925. The highest BCUT2D eigenvalue weighted by atomic mass is 35.5. The number of hydrogen-bond donors (Lipinski definition) is 4. The van der Waals surface area contributed by atoms with Crippen LogP contribution in [0.5, 0.6) is 0 Å². The second-order valence-electron chi connectivity index (χ2n) is 7.44. The Labute approximate surface area is 162 Å². The Balaban J connectivity index is 2.28. The summed E-state index contributed by atoms with van der Waals surface area (Å²) in [5, 5.41) is 28.7. The van der Waals surface area contributed by atoms with E-state index in [0.29, 0.717) is 16.5 Å². The fraction of sp³-hybridized carbons (Fsp3) is 0.389. The third-order valence-electron chi connectivity index (χ3n) is 3.83. The first-order valence-corrected chi connectivity index (χ1v) is 8.65.